The molecule has 0 amide bonds. The lowest BCUT2D eigenvalue weighted by Crippen LogP contribution is -2.49. The standard InChI is InChI=1S/C23H35ClN2O2/c24-20-13-11-19(12-14-20)23(27)15-17-26(18-16-23)22-10-8-6-4-2-1-3-5-7-9-21(22)25-28/h11-14,22,27-28H,1-10,15-18H2/b25-21+/t22-/m1/s1. The van der Waals surface area contributed by atoms with Gasteiger partial charge in [0.15, 0.2) is 0 Å². The van der Waals surface area contributed by atoms with E-state index >= 15 is 0 Å². The van der Waals surface area contributed by atoms with Gasteiger partial charge >= 0.3 is 0 Å². The third kappa shape index (κ3) is 5.71. The molecule has 2 N–H and O–H groups in total. The highest BCUT2D eigenvalue weighted by Gasteiger charge is 2.37. The van der Waals surface area contributed by atoms with Crippen molar-refractivity contribution in [1.82, 2.24) is 4.90 Å². The molecule has 0 radical (unpaired) electrons. The molecule has 1 saturated heterocycles. The van der Waals surface area contributed by atoms with Crippen molar-refractivity contribution in [2.24, 2.45) is 5.16 Å². The minimum atomic E-state index is -0.789. The number of likely N-dealkylation sites (tertiary alicyclic amines) is 1. The number of nitrogens with zero attached hydrogens (tertiary/aromatic N) is 2. The fourth-order valence-corrected chi connectivity index (χ4v) is 4.93. The molecule has 2 aliphatic rings. The number of rotatable bonds is 2. The minimum absolute atomic E-state index is 0.208. The van der Waals surface area contributed by atoms with E-state index in [1.807, 2.05) is 24.3 Å². The monoisotopic (exact) mass is 406 g/mol. The summed E-state index contributed by atoms with van der Waals surface area (Å²) in [6.07, 6.45) is 13.4. The second kappa shape index (κ2) is 10.6. The maximum atomic E-state index is 11.2. The van der Waals surface area contributed by atoms with Gasteiger partial charge in [-0.1, -0.05) is 73.8 Å². The van der Waals surface area contributed by atoms with Gasteiger partial charge in [-0.2, -0.15) is 0 Å². The van der Waals surface area contributed by atoms with Crippen LogP contribution in [0.4, 0.5) is 0 Å². The van der Waals surface area contributed by atoms with E-state index in [4.69, 9.17) is 11.6 Å². The van der Waals surface area contributed by atoms with Crippen molar-refractivity contribution in [1.29, 1.82) is 0 Å². The Labute approximate surface area is 174 Å². The number of halogens is 1. The highest BCUT2D eigenvalue weighted by atomic mass is 35.5. The fraction of sp³-hybridized carbons (Fsp3) is 0.696. The van der Waals surface area contributed by atoms with Crippen LogP contribution in [0.15, 0.2) is 29.4 Å². The molecule has 1 aromatic carbocycles. The molecule has 0 spiro atoms. The van der Waals surface area contributed by atoms with E-state index in [0.717, 1.165) is 43.6 Å². The SMILES string of the molecule is O/N=C1\CCCCCCCCCC[C@H]1N1CCC(O)(c2ccc(Cl)cc2)CC1. The average Bonchev–Trinajstić information content (AvgIpc) is 2.70. The molecular formula is C23H35ClN2O2. The van der Waals surface area contributed by atoms with Crippen LogP contribution < -0.4 is 0 Å². The van der Waals surface area contributed by atoms with Crippen LogP contribution in [0, 0.1) is 0 Å². The highest BCUT2D eigenvalue weighted by molar-refractivity contribution is 6.30. The molecule has 1 aliphatic heterocycles. The van der Waals surface area contributed by atoms with Gasteiger partial charge in [-0.25, -0.2) is 0 Å². The molecule has 0 bridgehead atoms. The van der Waals surface area contributed by atoms with Crippen LogP contribution in [-0.2, 0) is 5.60 Å². The van der Waals surface area contributed by atoms with Crippen LogP contribution in [0.5, 0.6) is 0 Å². The first-order valence-corrected chi connectivity index (χ1v) is 11.4. The van der Waals surface area contributed by atoms with Gasteiger partial charge in [0, 0.05) is 18.1 Å². The van der Waals surface area contributed by atoms with Crippen molar-refractivity contribution in [2.45, 2.75) is 88.7 Å². The summed E-state index contributed by atoms with van der Waals surface area (Å²) in [4.78, 5) is 2.44. The quantitative estimate of drug-likeness (QED) is 0.486. The maximum absolute atomic E-state index is 11.2. The zero-order chi connectivity index (χ0) is 19.8. The second-order valence-corrected chi connectivity index (χ2v) is 8.99. The molecule has 1 atom stereocenters. The van der Waals surface area contributed by atoms with Gasteiger partial charge in [0.25, 0.3) is 0 Å². The van der Waals surface area contributed by atoms with Gasteiger partial charge in [-0.05, 0) is 49.8 Å². The van der Waals surface area contributed by atoms with Crippen LogP contribution >= 0.6 is 11.6 Å². The zero-order valence-electron chi connectivity index (χ0n) is 17.0. The van der Waals surface area contributed by atoms with Crippen LogP contribution in [-0.4, -0.2) is 40.1 Å². The van der Waals surface area contributed by atoms with E-state index in [-0.39, 0.29) is 6.04 Å². The Morgan fingerprint density at radius 1 is 0.893 bits per heavy atom. The summed E-state index contributed by atoms with van der Waals surface area (Å²) in [6, 6.07) is 7.79. The first kappa shape index (κ1) is 21.6. The Morgan fingerprint density at radius 3 is 2.07 bits per heavy atom. The van der Waals surface area contributed by atoms with Crippen molar-refractivity contribution >= 4 is 17.3 Å². The van der Waals surface area contributed by atoms with E-state index in [2.05, 4.69) is 10.1 Å². The molecule has 4 nitrogen and oxygen atoms in total. The third-order valence-corrected chi connectivity index (χ3v) is 6.87. The first-order chi connectivity index (χ1) is 13.6. The molecule has 28 heavy (non-hydrogen) atoms. The predicted octanol–water partition coefficient (Wildman–Crippen LogP) is 5.74. The molecule has 5 heteroatoms. The summed E-state index contributed by atoms with van der Waals surface area (Å²) in [5.74, 6) is 0. The molecule has 1 aromatic rings. The molecular weight excluding hydrogens is 372 g/mol. The number of aliphatic hydroxyl groups is 1. The van der Waals surface area contributed by atoms with Gasteiger partial charge < -0.3 is 10.3 Å². The van der Waals surface area contributed by atoms with Gasteiger partial charge in [-0.15, -0.1) is 0 Å². The smallest absolute Gasteiger partial charge is 0.0920 e. The lowest BCUT2D eigenvalue weighted by Gasteiger charge is -2.42. The summed E-state index contributed by atoms with van der Waals surface area (Å²) in [7, 11) is 0. The van der Waals surface area contributed by atoms with Gasteiger partial charge in [0.05, 0.1) is 17.4 Å². The lowest BCUT2D eigenvalue weighted by molar-refractivity contribution is -0.0310. The molecule has 1 saturated carbocycles. The lowest BCUT2D eigenvalue weighted by atomic mass is 9.83. The molecule has 156 valence electrons. The fourth-order valence-electron chi connectivity index (χ4n) is 4.80. The van der Waals surface area contributed by atoms with Crippen molar-refractivity contribution in [3.8, 4) is 0 Å². The van der Waals surface area contributed by atoms with Crippen LogP contribution in [0.1, 0.15) is 82.6 Å². The summed E-state index contributed by atoms with van der Waals surface area (Å²) in [6.45, 7) is 1.64. The van der Waals surface area contributed by atoms with Gasteiger partial charge in [0.1, 0.15) is 0 Å². The molecule has 0 aromatic heterocycles. The summed E-state index contributed by atoms with van der Waals surface area (Å²) < 4.78 is 0. The third-order valence-electron chi connectivity index (χ3n) is 6.62. The Bertz CT molecular complexity index is 624. The predicted molar refractivity (Wildman–Crippen MR) is 115 cm³/mol. The molecule has 1 aliphatic carbocycles. The maximum Gasteiger partial charge on any atom is 0.0920 e. The van der Waals surface area contributed by atoms with E-state index in [0.29, 0.717) is 17.9 Å². The Morgan fingerprint density at radius 2 is 1.46 bits per heavy atom. The van der Waals surface area contributed by atoms with Gasteiger partial charge in [0.2, 0.25) is 0 Å². The van der Waals surface area contributed by atoms with Gasteiger partial charge in [-0.3, -0.25) is 4.90 Å². The molecule has 3 rings (SSSR count). The molecule has 1 heterocycles. The Hall–Kier alpha value is -1.10. The van der Waals surface area contributed by atoms with Crippen molar-refractivity contribution in [3.63, 3.8) is 0 Å². The Kier molecular flexibility index (Phi) is 8.19. The van der Waals surface area contributed by atoms with E-state index in [1.165, 1.54) is 44.9 Å². The van der Waals surface area contributed by atoms with Crippen molar-refractivity contribution < 1.29 is 10.3 Å². The topological polar surface area (TPSA) is 56.1 Å². The number of benzene rings is 1. The van der Waals surface area contributed by atoms with E-state index in [9.17, 15) is 10.3 Å². The van der Waals surface area contributed by atoms with Crippen molar-refractivity contribution in [3.05, 3.63) is 34.9 Å². The molecule has 2 fully saturated rings. The number of piperidine rings is 1. The average molecular weight is 407 g/mol. The summed E-state index contributed by atoms with van der Waals surface area (Å²) in [5, 5.41) is 25.3. The Balaban J connectivity index is 1.65. The summed E-state index contributed by atoms with van der Waals surface area (Å²) >= 11 is 6.00. The number of oxime groups is 1. The minimum Gasteiger partial charge on any atom is -0.411 e. The van der Waals surface area contributed by atoms with Crippen molar-refractivity contribution in [2.75, 3.05) is 13.1 Å². The normalized spacial score (nSPS) is 27.1. The van der Waals surface area contributed by atoms with Crippen LogP contribution in [0.25, 0.3) is 0 Å². The number of hydrogen-bond donors (Lipinski definition) is 2. The largest absolute Gasteiger partial charge is 0.411 e. The number of hydrogen-bond acceptors (Lipinski definition) is 4. The van der Waals surface area contributed by atoms with E-state index < -0.39 is 5.60 Å². The van der Waals surface area contributed by atoms with E-state index in [1.54, 1.807) is 0 Å². The highest BCUT2D eigenvalue weighted by Crippen LogP contribution is 2.35. The zero-order valence-corrected chi connectivity index (χ0v) is 17.7. The summed E-state index contributed by atoms with van der Waals surface area (Å²) in [5.41, 5.74) is 1.10. The second-order valence-electron chi connectivity index (χ2n) is 8.55. The van der Waals surface area contributed by atoms with Crippen LogP contribution in [0.3, 0.4) is 0 Å². The first-order valence-electron chi connectivity index (χ1n) is 11.1. The van der Waals surface area contributed by atoms with Crippen LogP contribution in [0.2, 0.25) is 5.02 Å². The molecule has 0 unspecified atom stereocenters.